The Morgan fingerprint density at radius 2 is 1.81 bits per heavy atom. The number of anilines is 1. The van der Waals surface area contributed by atoms with Crippen LogP contribution in [0.3, 0.4) is 0 Å². The number of nitrogens with zero attached hydrogens (tertiary/aromatic N) is 1. The highest BCUT2D eigenvalue weighted by molar-refractivity contribution is 5.79. The maximum absolute atomic E-state index is 12.9. The highest BCUT2D eigenvalue weighted by Crippen LogP contribution is 2.33. The Morgan fingerprint density at radius 1 is 1.10 bits per heavy atom. The second kappa shape index (κ2) is 6.50. The van der Waals surface area contributed by atoms with E-state index in [1.807, 2.05) is 18.2 Å². The van der Waals surface area contributed by atoms with Gasteiger partial charge in [0.2, 0.25) is 5.91 Å². The van der Waals surface area contributed by atoms with Crippen molar-refractivity contribution in [2.75, 3.05) is 5.73 Å². The molecular weight excluding hydrogens is 260 g/mol. The summed E-state index contributed by atoms with van der Waals surface area (Å²) in [6.07, 6.45) is 9.52. The predicted molar refractivity (Wildman–Crippen MR) is 85.6 cm³/mol. The number of nitrogen functional groups attached to an aromatic ring is 1. The Balaban J connectivity index is 1.70. The lowest BCUT2D eigenvalue weighted by molar-refractivity contribution is -0.137. The quantitative estimate of drug-likeness (QED) is 0.677. The third-order valence-corrected chi connectivity index (χ3v) is 4.78. The van der Waals surface area contributed by atoms with Crippen molar-refractivity contribution in [1.82, 2.24) is 4.90 Å². The Hall–Kier alpha value is -1.51. The van der Waals surface area contributed by atoms with E-state index in [0.29, 0.717) is 11.9 Å². The number of hydrogen-bond donors (Lipinski definition) is 1. The Morgan fingerprint density at radius 3 is 2.43 bits per heavy atom. The molecule has 2 aliphatic rings. The van der Waals surface area contributed by atoms with Crippen LogP contribution in [0, 0.1) is 5.92 Å². The fourth-order valence-corrected chi connectivity index (χ4v) is 3.42. The van der Waals surface area contributed by atoms with Crippen LogP contribution >= 0.6 is 0 Å². The molecule has 1 aromatic rings. The second-order valence-corrected chi connectivity index (χ2v) is 6.63. The van der Waals surface area contributed by atoms with Crippen molar-refractivity contribution in [3.05, 3.63) is 29.8 Å². The minimum Gasteiger partial charge on any atom is -0.399 e. The van der Waals surface area contributed by atoms with Gasteiger partial charge >= 0.3 is 0 Å². The first kappa shape index (κ1) is 14.4. The summed E-state index contributed by atoms with van der Waals surface area (Å²) >= 11 is 0. The Labute approximate surface area is 127 Å². The van der Waals surface area contributed by atoms with Crippen molar-refractivity contribution in [3.8, 4) is 0 Å². The van der Waals surface area contributed by atoms with E-state index in [-0.39, 0.29) is 5.92 Å². The van der Waals surface area contributed by atoms with Crippen LogP contribution in [0.15, 0.2) is 24.3 Å². The van der Waals surface area contributed by atoms with Gasteiger partial charge in [0.15, 0.2) is 0 Å². The minimum atomic E-state index is 0.258. The first-order valence-corrected chi connectivity index (χ1v) is 8.39. The monoisotopic (exact) mass is 286 g/mol. The fourth-order valence-electron chi connectivity index (χ4n) is 3.42. The summed E-state index contributed by atoms with van der Waals surface area (Å²) in [6, 6.07) is 8.42. The van der Waals surface area contributed by atoms with Crippen LogP contribution in [-0.2, 0) is 11.3 Å². The number of amides is 1. The molecule has 2 aliphatic carbocycles. The van der Waals surface area contributed by atoms with Crippen LogP contribution in [0.1, 0.15) is 56.9 Å². The second-order valence-electron chi connectivity index (χ2n) is 6.63. The van der Waals surface area contributed by atoms with Crippen molar-refractivity contribution < 1.29 is 4.79 Å². The van der Waals surface area contributed by atoms with Gasteiger partial charge in [0, 0.05) is 24.2 Å². The van der Waals surface area contributed by atoms with Gasteiger partial charge in [-0.25, -0.2) is 0 Å². The van der Waals surface area contributed by atoms with Gasteiger partial charge in [-0.1, -0.05) is 37.8 Å². The Kier molecular flexibility index (Phi) is 4.47. The van der Waals surface area contributed by atoms with Gasteiger partial charge in [-0.3, -0.25) is 4.79 Å². The van der Waals surface area contributed by atoms with E-state index in [9.17, 15) is 4.79 Å². The molecule has 0 atom stereocenters. The number of rotatable bonds is 4. The molecule has 2 fully saturated rings. The van der Waals surface area contributed by atoms with E-state index >= 15 is 0 Å². The van der Waals surface area contributed by atoms with Gasteiger partial charge in [-0.05, 0) is 43.4 Å². The molecule has 3 heteroatoms. The van der Waals surface area contributed by atoms with E-state index in [1.54, 1.807) is 0 Å². The van der Waals surface area contributed by atoms with Gasteiger partial charge in [0.1, 0.15) is 0 Å². The molecule has 0 spiro atoms. The smallest absolute Gasteiger partial charge is 0.226 e. The molecule has 114 valence electrons. The van der Waals surface area contributed by atoms with Gasteiger partial charge in [0.25, 0.3) is 0 Å². The standard InChI is InChI=1S/C18H26N2O/c19-16-9-5-6-14(12-16)13-20(17-10-11-17)18(21)15-7-3-1-2-4-8-15/h5-6,9,12,15,17H,1-4,7-8,10-11,13,19H2. The molecule has 2 saturated carbocycles. The van der Waals surface area contributed by atoms with Gasteiger partial charge < -0.3 is 10.6 Å². The lowest BCUT2D eigenvalue weighted by Crippen LogP contribution is -2.37. The van der Waals surface area contributed by atoms with Gasteiger partial charge in [-0.15, -0.1) is 0 Å². The van der Waals surface area contributed by atoms with Crippen molar-refractivity contribution in [2.24, 2.45) is 5.92 Å². The van der Waals surface area contributed by atoms with Crippen LogP contribution in [0.25, 0.3) is 0 Å². The fraction of sp³-hybridized carbons (Fsp3) is 0.611. The van der Waals surface area contributed by atoms with E-state index in [1.165, 1.54) is 38.5 Å². The molecule has 21 heavy (non-hydrogen) atoms. The molecule has 0 bridgehead atoms. The molecule has 1 amide bonds. The molecule has 2 N–H and O–H groups in total. The number of hydrogen-bond acceptors (Lipinski definition) is 2. The van der Waals surface area contributed by atoms with Crippen molar-refractivity contribution in [2.45, 2.75) is 64.0 Å². The van der Waals surface area contributed by atoms with Crippen molar-refractivity contribution in [3.63, 3.8) is 0 Å². The molecule has 0 unspecified atom stereocenters. The van der Waals surface area contributed by atoms with Crippen molar-refractivity contribution in [1.29, 1.82) is 0 Å². The maximum atomic E-state index is 12.9. The number of benzene rings is 1. The zero-order valence-electron chi connectivity index (χ0n) is 12.8. The molecule has 0 aliphatic heterocycles. The van der Waals surface area contributed by atoms with Gasteiger partial charge in [-0.2, -0.15) is 0 Å². The van der Waals surface area contributed by atoms with Crippen LogP contribution in [-0.4, -0.2) is 16.8 Å². The molecule has 0 aromatic heterocycles. The number of nitrogens with two attached hydrogens (primary N) is 1. The minimum absolute atomic E-state index is 0.258. The first-order valence-electron chi connectivity index (χ1n) is 8.39. The third-order valence-electron chi connectivity index (χ3n) is 4.78. The zero-order valence-corrected chi connectivity index (χ0v) is 12.8. The summed E-state index contributed by atoms with van der Waals surface area (Å²) in [5, 5.41) is 0. The van der Waals surface area contributed by atoms with E-state index in [2.05, 4.69) is 11.0 Å². The molecule has 0 saturated heterocycles. The Bertz CT molecular complexity index is 488. The molecule has 1 aromatic carbocycles. The highest BCUT2D eigenvalue weighted by Gasteiger charge is 2.35. The topological polar surface area (TPSA) is 46.3 Å². The summed E-state index contributed by atoms with van der Waals surface area (Å²) in [5.41, 5.74) is 7.80. The molecular formula is C18H26N2O. The van der Waals surface area contributed by atoms with Gasteiger partial charge in [0.05, 0.1) is 0 Å². The lowest BCUT2D eigenvalue weighted by Gasteiger charge is -2.27. The molecule has 0 heterocycles. The molecule has 3 rings (SSSR count). The summed E-state index contributed by atoms with van der Waals surface area (Å²) in [7, 11) is 0. The molecule has 0 radical (unpaired) electrons. The van der Waals surface area contributed by atoms with E-state index in [0.717, 1.165) is 30.6 Å². The SMILES string of the molecule is Nc1cccc(CN(C(=O)C2CCCCCC2)C2CC2)c1. The van der Waals surface area contributed by atoms with Crippen LogP contribution in [0.4, 0.5) is 5.69 Å². The average molecular weight is 286 g/mol. The van der Waals surface area contributed by atoms with E-state index < -0.39 is 0 Å². The lowest BCUT2D eigenvalue weighted by atomic mass is 9.98. The first-order chi connectivity index (χ1) is 10.2. The van der Waals surface area contributed by atoms with Crippen LogP contribution < -0.4 is 5.73 Å². The summed E-state index contributed by atoms with van der Waals surface area (Å²) in [5.74, 6) is 0.649. The normalized spacial score (nSPS) is 20.0. The number of carbonyl (C=O) groups is 1. The van der Waals surface area contributed by atoms with E-state index in [4.69, 9.17) is 5.73 Å². The zero-order chi connectivity index (χ0) is 14.7. The average Bonchev–Trinajstić information content (AvgIpc) is 3.30. The van der Waals surface area contributed by atoms with Crippen LogP contribution in [0.5, 0.6) is 0 Å². The summed E-state index contributed by atoms with van der Waals surface area (Å²) < 4.78 is 0. The van der Waals surface area contributed by atoms with Crippen molar-refractivity contribution >= 4 is 11.6 Å². The maximum Gasteiger partial charge on any atom is 0.226 e. The predicted octanol–water partition coefficient (Wildman–Crippen LogP) is 3.73. The highest BCUT2D eigenvalue weighted by atomic mass is 16.2. The molecule has 3 nitrogen and oxygen atoms in total. The summed E-state index contributed by atoms with van der Waals surface area (Å²) in [6.45, 7) is 0.727. The summed E-state index contributed by atoms with van der Waals surface area (Å²) in [4.78, 5) is 15.0. The van der Waals surface area contributed by atoms with Crippen LogP contribution in [0.2, 0.25) is 0 Å². The largest absolute Gasteiger partial charge is 0.399 e. The third kappa shape index (κ3) is 3.78. The number of carbonyl (C=O) groups excluding carboxylic acids is 1.